The van der Waals surface area contributed by atoms with Crippen molar-refractivity contribution < 1.29 is 19.1 Å². The molecule has 0 bridgehead atoms. The smallest absolute Gasteiger partial charge is 0.262 e. The minimum atomic E-state index is -0.764. The highest BCUT2D eigenvalue weighted by molar-refractivity contribution is 6.30. The molecule has 2 amide bonds. The Hall–Kier alpha value is -3.06. The number of hydrogen-bond donors (Lipinski definition) is 2. The van der Waals surface area contributed by atoms with E-state index in [1.165, 1.54) is 6.21 Å². The minimum absolute atomic E-state index is 0.147. The molecule has 0 aliphatic heterocycles. The van der Waals surface area contributed by atoms with Crippen molar-refractivity contribution >= 4 is 29.6 Å². The number of nitrogens with one attached hydrogen (secondary N) is 2. The number of amides is 2. The summed E-state index contributed by atoms with van der Waals surface area (Å²) in [5.41, 5.74) is 3.62. The van der Waals surface area contributed by atoms with E-state index in [9.17, 15) is 9.59 Å². The summed E-state index contributed by atoms with van der Waals surface area (Å²) in [4.78, 5) is 25.3. The molecule has 0 heterocycles. The highest BCUT2D eigenvalue weighted by Gasteiger charge is 2.24. The standard InChI is InChI=1S/C25H32ClN3O4/c1-5-6-7-15-33-23-19(9-8-10-21(23)32-4)16-27-29-25(31)22(17(2)3)28-24(30)18-11-13-20(26)14-12-18/h8-14,16-17,22H,5-7,15H2,1-4H3,(H,28,30)(H,29,31). The van der Waals surface area contributed by atoms with Crippen LogP contribution in [0.1, 0.15) is 56.0 Å². The van der Waals surface area contributed by atoms with Crippen LogP contribution in [0.4, 0.5) is 0 Å². The number of para-hydroxylation sites is 1. The largest absolute Gasteiger partial charge is 0.493 e. The van der Waals surface area contributed by atoms with E-state index in [-0.39, 0.29) is 11.8 Å². The van der Waals surface area contributed by atoms with E-state index in [0.29, 0.717) is 34.3 Å². The van der Waals surface area contributed by atoms with Crippen LogP contribution in [-0.2, 0) is 4.79 Å². The Kier molecular flexibility index (Phi) is 10.7. The van der Waals surface area contributed by atoms with Gasteiger partial charge in [0.15, 0.2) is 11.5 Å². The zero-order chi connectivity index (χ0) is 24.2. The number of ether oxygens (including phenoxy) is 2. The summed E-state index contributed by atoms with van der Waals surface area (Å²) < 4.78 is 11.3. The first-order valence-corrected chi connectivity index (χ1v) is 11.4. The Labute approximate surface area is 200 Å². The van der Waals surface area contributed by atoms with Crippen molar-refractivity contribution in [2.45, 2.75) is 46.1 Å². The van der Waals surface area contributed by atoms with E-state index in [1.807, 2.05) is 32.0 Å². The fraction of sp³-hybridized carbons (Fsp3) is 0.400. The van der Waals surface area contributed by atoms with Gasteiger partial charge in [-0.05, 0) is 48.7 Å². The maximum atomic E-state index is 12.7. The molecule has 2 N–H and O–H groups in total. The first-order valence-electron chi connectivity index (χ1n) is 11.1. The number of methoxy groups -OCH3 is 1. The first kappa shape index (κ1) is 26.2. The van der Waals surface area contributed by atoms with Gasteiger partial charge in [-0.1, -0.05) is 51.3 Å². The molecule has 0 saturated heterocycles. The second-order valence-corrected chi connectivity index (χ2v) is 8.31. The van der Waals surface area contributed by atoms with Crippen LogP contribution in [0.5, 0.6) is 11.5 Å². The summed E-state index contributed by atoms with van der Waals surface area (Å²) in [7, 11) is 1.58. The molecule has 2 rings (SSSR count). The molecule has 0 radical (unpaired) electrons. The van der Waals surface area contributed by atoms with Crippen LogP contribution in [0.15, 0.2) is 47.6 Å². The number of nitrogens with zero attached hydrogens (tertiary/aromatic N) is 1. The molecule has 2 aromatic carbocycles. The number of carbonyl (C=O) groups excluding carboxylic acids is 2. The quantitative estimate of drug-likeness (QED) is 0.262. The number of rotatable bonds is 12. The van der Waals surface area contributed by atoms with Crippen LogP contribution >= 0.6 is 11.6 Å². The lowest BCUT2D eigenvalue weighted by Crippen LogP contribution is -2.48. The van der Waals surface area contributed by atoms with Gasteiger partial charge in [0.2, 0.25) is 0 Å². The summed E-state index contributed by atoms with van der Waals surface area (Å²) in [6.45, 7) is 6.39. The molecule has 0 aliphatic carbocycles. The molecule has 0 saturated carbocycles. The Morgan fingerprint density at radius 2 is 1.85 bits per heavy atom. The number of hydrogen-bond acceptors (Lipinski definition) is 5. The van der Waals surface area contributed by atoms with Crippen molar-refractivity contribution in [3.63, 3.8) is 0 Å². The summed E-state index contributed by atoms with van der Waals surface area (Å²) in [5.74, 6) is 0.241. The van der Waals surface area contributed by atoms with Gasteiger partial charge in [0.1, 0.15) is 6.04 Å². The van der Waals surface area contributed by atoms with Gasteiger partial charge in [-0.2, -0.15) is 5.10 Å². The molecule has 1 atom stereocenters. The van der Waals surface area contributed by atoms with Crippen LogP contribution in [-0.4, -0.2) is 37.8 Å². The van der Waals surface area contributed by atoms with Crippen molar-refractivity contribution in [2.75, 3.05) is 13.7 Å². The third-order valence-corrected chi connectivity index (χ3v) is 5.20. The highest BCUT2D eigenvalue weighted by atomic mass is 35.5. The number of hydrazone groups is 1. The number of halogens is 1. The van der Waals surface area contributed by atoms with Gasteiger partial charge >= 0.3 is 0 Å². The molecular formula is C25H32ClN3O4. The van der Waals surface area contributed by atoms with Crippen LogP contribution in [0, 0.1) is 5.92 Å². The maximum absolute atomic E-state index is 12.7. The molecule has 33 heavy (non-hydrogen) atoms. The molecule has 0 aromatic heterocycles. The molecule has 2 aromatic rings. The lowest BCUT2D eigenvalue weighted by molar-refractivity contribution is -0.123. The van der Waals surface area contributed by atoms with E-state index in [4.69, 9.17) is 21.1 Å². The van der Waals surface area contributed by atoms with Crippen molar-refractivity contribution in [1.82, 2.24) is 10.7 Å². The van der Waals surface area contributed by atoms with Gasteiger partial charge in [-0.25, -0.2) is 5.43 Å². The van der Waals surface area contributed by atoms with Crippen LogP contribution in [0.25, 0.3) is 0 Å². The van der Waals surface area contributed by atoms with E-state index in [0.717, 1.165) is 19.3 Å². The number of benzene rings is 2. The Morgan fingerprint density at radius 1 is 1.12 bits per heavy atom. The third kappa shape index (κ3) is 8.09. The predicted molar refractivity (Wildman–Crippen MR) is 131 cm³/mol. The molecule has 0 aliphatic rings. The van der Waals surface area contributed by atoms with Crippen molar-refractivity contribution in [3.8, 4) is 11.5 Å². The van der Waals surface area contributed by atoms with Crippen molar-refractivity contribution in [1.29, 1.82) is 0 Å². The molecule has 0 fully saturated rings. The highest BCUT2D eigenvalue weighted by Crippen LogP contribution is 2.30. The fourth-order valence-corrected chi connectivity index (χ4v) is 3.20. The van der Waals surface area contributed by atoms with Gasteiger partial charge in [0, 0.05) is 16.1 Å². The lowest BCUT2D eigenvalue weighted by atomic mass is 10.0. The van der Waals surface area contributed by atoms with Gasteiger partial charge in [0.25, 0.3) is 11.8 Å². The molecule has 178 valence electrons. The van der Waals surface area contributed by atoms with Gasteiger partial charge in [0.05, 0.1) is 19.9 Å². The average molecular weight is 474 g/mol. The minimum Gasteiger partial charge on any atom is -0.493 e. The van der Waals surface area contributed by atoms with E-state index < -0.39 is 11.9 Å². The second kappa shape index (κ2) is 13.5. The van der Waals surface area contributed by atoms with E-state index in [2.05, 4.69) is 22.8 Å². The van der Waals surface area contributed by atoms with Gasteiger partial charge < -0.3 is 14.8 Å². The fourth-order valence-electron chi connectivity index (χ4n) is 3.07. The Bertz CT molecular complexity index is 945. The lowest BCUT2D eigenvalue weighted by Gasteiger charge is -2.20. The van der Waals surface area contributed by atoms with Crippen LogP contribution in [0.3, 0.4) is 0 Å². The SMILES string of the molecule is CCCCCOc1c(C=NNC(=O)C(NC(=O)c2ccc(Cl)cc2)C(C)C)cccc1OC. The Balaban J connectivity index is 2.06. The summed E-state index contributed by atoms with van der Waals surface area (Å²) in [6, 6.07) is 11.2. The summed E-state index contributed by atoms with van der Waals surface area (Å²) in [5, 5.41) is 7.38. The normalized spacial score (nSPS) is 11.9. The zero-order valence-corrected chi connectivity index (χ0v) is 20.3. The number of carbonyl (C=O) groups is 2. The topological polar surface area (TPSA) is 89.0 Å². The van der Waals surface area contributed by atoms with Crippen LogP contribution in [0.2, 0.25) is 5.02 Å². The number of unbranched alkanes of at least 4 members (excludes halogenated alkanes) is 2. The predicted octanol–water partition coefficient (Wildman–Crippen LogP) is 4.82. The van der Waals surface area contributed by atoms with Gasteiger partial charge in [-0.3, -0.25) is 9.59 Å². The molecule has 1 unspecified atom stereocenters. The monoisotopic (exact) mass is 473 g/mol. The average Bonchev–Trinajstić information content (AvgIpc) is 2.80. The van der Waals surface area contributed by atoms with Crippen LogP contribution < -0.4 is 20.2 Å². The van der Waals surface area contributed by atoms with E-state index >= 15 is 0 Å². The summed E-state index contributed by atoms with van der Waals surface area (Å²) in [6.07, 6.45) is 4.62. The van der Waals surface area contributed by atoms with Crippen molar-refractivity contribution in [2.24, 2.45) is 11.0 Å². The molecular weight excluding hydrogens is 442 g/mol. The molecule has 7 nitrogen and oxygen atoms in total. The Morgan fingerprint density at radius 3 is 2.48 bits per heavy atom. The first-order chi connectivity index (χ1) is 15.9. The maximum Gasteiger partial charge on any atom is 0.262 e. The molecule has 0 spiro atoms. The molecule has 8 heteroatoms. The second-order valence-electron chi connectivity index (χ2n) is 7.87. The van der Waals surface area contributed by atoms with Crippen molar-refractivity contribution in [3.05, 3.63) is 58.6 Å². The van der Waals surface area contributed by atoms with E-state index in [1.54, 1.807) is 31.4 Å². The zero-order valence-electron chi connectivity index (χ0n) is 19.6. The summed E-state index contributed by atoms with van der Waals surface area (Å²) >= 11 is 5.87. The van der Waals surface area contributed by atoms with Gasteiger partial charge in [-0.15, -0.1) is 0 Å². The third-order valence-electron chi connectivity index (χ3n) is 4.94.